The van der Waals surface area contributed by atoms with Crippen LogP contribution in [0.25, 0.3) is 11.4 Å². The molecule has 26 heavy (non-hydrogen) atoms. The zero-order valence-electron chi connectivity index (χ0n) is 14.2. The molecule has 0 aliphatic heterocycles. The maximum Gasteiger partial charge on any atom is 0.164 e. The Morgan fingerprint density at radius 1 is 0.923 bits per heavy atom. The van der Waals surface area contributed by atoms with Gasteiger partial charge in [0.2, 0.25) is 0 Å². The van der Waals surface area contributed by atoms with E-state index < -0.39 is 0 Å². The Kier molecular flexibility index (Phi) is 4.57. The Hall–Kier alpha value is -3.25. The van der Waals surface area contributed by atoms with Crippen molar-refractivity contribution in [2.45, 2.75) is 19.7 Å². The number of hydrogen-bond donors (Lipinski definition) is 1. The molecule has 0 fully saturated rings. The summed E-state index contributed by atoms with van der Waals surface area (Å²) in [5.41, 5.74) is 3.99. The van der Waals surface area contributed by atoms with E-state index in [1.807, 2.05) is 51.8 Å². The summed E-state index contributed by atoms with van der Waals surface area (Å²) in [6.07, 6.45) is 5.42. The predicted molar refractivity (Wildman–Crippen MR) is 98.3 cm³/mol. The van der Waals surface area contributed by atoms with Gasteiger partial charge in [-0.2, -0.15) is 5.10 Å². The number of benzene rings is 2. The van der Waals surface area contributed by atoms with Gasteiger partial charge in [0, 0.05) is 18.0 Å². The van der Waals surface area contributed by atoms with E-state index >= 15 is 0 Å². The van der Waals surface area contributed by atoms with Crippen LogP contribution in [0.1, 0.15) is 16.7 Å². The van der Waals surface area contributed by atoms with E-state index in [2.05, 4.69) is 33.5 Å². The maximum absolute atomic E-state index is 9.77. The summed E-state index contributed by atoms with van der Waals surface area (Å²) in [7, 11) is 0. The zero-order chi connectivity index (χ0) is 17.8. The lowest BCUT2D eigenvalue weighted by molar-refractivity contribution is 0.282. The quantitative estimate of drug-likeness (QED) is 0.583. The molecule has 0 amide bonds. The summed E-state index contributed by atoms with van der Waals surface area (Å²) in [5, 5.41) is 22.4. The van der Waals surface area contributed by atoms with Crippen molar-refractivity contribution >= 4 is 0 Å². The fourth-order valence-electron chi connectivity index (χ4n) is 3.01. The largest absolute Gasteiger partial charge is 0.392 e. The van der Waals surface area contributed by atoms with Crippen molar-refractivity contribution in [3.63, 3.8) is 0 Å². The van der Waals surface area contributed by atoms with E-state index in [0.717, 1.165) is 22.5 Å². The van der Waals surface area contributed by atoms with Gasteiger partial charge >= 0.3 is 0 Å². The summed E-state index contributed by atoms with van der Waals surface area (Å²) < 4.78 is 3.87. The summed E-state index contributed by atoms with van der Waals surface area (Å²) >= 11 is 0. The van der Waals surface area contributed by atoms with E-state index in [4.69, 9.17) is 0 Å². The van der Waals surface area contributed by atoms with Crippen LogP contribution >= 0.6 is 0 Å². The molecule has 1 N–H and O–H groups in total. The SMILES string of the molecule is OCc1ccc(Cn2cccn2)cc1-c1nncn1Cc1ccccc1. The molecule has 2 aromatic carbocycles. The van der Waals surface area contributed by atoms with Gasteiger partial charge in [0.25, 0.3) is 0 Å². The first-order chi connectivity index (χ1) is 12.8. The Bertz CT molecular complexity index is 977. The summed E-state index contributed by atoms with van der Waals surface area (Å²) in [5.74, 6) is 0.750. The molecule has 6 heteroatoms. The Morgan fingerprint density at radius 2 is 1.81 bits per heavy atom. The number of aliphatic hydroxyl groups excluding tert-OH is 1. The van der Waals surface area contributed by atoms with E-state index in [-0.39, 0.29) is 6.61 Å². The highest BCUT2D eigenvalue weighted by atomic mass is 16.3. The third-order valence-corrected chi connectivity index (χ3v) is 4.30. The second-order valence-corrected chi connectivity index (χ2v) is 6.12. The summed E-state index contributed by atoms with van der Waals surface area (Å²) in [4.78, 5) is 0. The molecule has 0 saturated carbocycles. The molecule has 2 aromatic heterocycles. The monoisotopic (exact) mass is 345 g/mol. The molecule has 6 nitrogen and oxygen atoms in total. The molecule has 0 bridgehead atoms. The van der Waals surface area contributed by atoms with Gasteiger partial charge in [-0.25, -0.2) is 0 Å². The standard InChI is InChI=1S/C20H19N5O/c26-14-18-8-7-17(13-25-10-4-9-22-25)11-19(18)20-23-21-15-24(20)12-16-5-2-1-3-6-16/h1-11,15,26H,12-14H2. The third-order valence-electron chi connectivity index (χ3n) is 4.30. The first-order valence-corrected chi connectivity index (χ1v) is 8.45. The zero-order valence-corrected chi connectivity index (χ0v) is 14.2. The second kappa shape index (κ2) is 7.33. The molecular weight excluding hydrogens is 326 g/mol. The molecule has 0 radical (unpaired) electrons. The molecule has 0 spiro atoms. The highest BCUT2D eigenvalue weighted by Crippen LogP contribution is 2.24. The minimum absolute atomic E-state index is 0.0461. The highest BCUT2D eigenvalue weighted by Gasteiger charge is 2.13. The van der Waals surface area contributed by atoms with Crippen molar-refractivity contribution in [2.24, 2.45) is 0 Å². The Balaban J connectivity index is 1.69. The van der Waals surface area contributed by atoms with Crippen molar-refractivity contribution in [3.05, 3.63) is 90.0 Å². The highest BCUT2D eigenvalue weighted by molar-refractivity contribution is 5.61. The molecule has 4 aromatic rings. The average molecular weight is 345 g/mol. The van der Waals surface area contributed by atoms with Crippen molar-refractivity contribution in [2.75, 3.05) is 0 Å². The minimum Gasteiger partial charge on any atom is -0.392 e. The van der Waals surface area contributed by atoms with Crippen LogP contribution in [0.3, 0.4) is 0 Å². The van der Waals surface area contributed by atoms with Crippen LogP contribution in [-0.2, 0) is 19.7 Å². The molecule has 0 saturated heterocycles. The van der Waals surface area contributed by atoms with Gasteiger partial charge in [-0.15, -0.1) is 10.2 Å². The molecule has 0 aliphatic rings. The summed E-state index contributed by atoms with van der Waals surface area (Å²) in [6, 6.07) is 18.1. The van der Waals surface area contributed by atoms with Gasteiger partial charge in [0.15, 0.2) is 5.82 Å². The van der Waals surface area contributed by atoms with Crippen molar-refractivity contribution in [1.29, 1.82) is 0 Å². The van der Waals surface area contributed by atoms with Crippen LogP contribution in [0.2, 0.25) is 0 Å². The molecule has 0 atom stereocenters. The van der Waals surface area contributed by atoms with Crippen molar-refractivity contribution in [1.82, 2.24) is 24.5 Å². The minimum atomic E-state index is -0.0461. The van der Waals surface area contributed by atoms with Gasteiger partial charge in [-0.05, 0) is 28.8 Å². The molecule has 0 unspecified atom stereocenters. The smallest absolute Gasteiger partial charge is 0.164 e. The van der Waals surface area contributed by atoms with Crippen LogP contribution in [0, 0.1) is 0 Å². The predicted octanol–water partition coefficient (Wildman–Crippen LogP) is 2.73. The normalized spacial score (nSPS) is 11.0. The number of aliphatic hydroxyl groups is 1. The molecule has 130 valence electrons. The van der Waals surface area contributed by atoms with Crippen molar-refractivity contribution < 1.29 is 5.11 Å². The van der Waals surface area contributed by atoms with Gasteiger partial charge in [-0.3, -0.25) is 4.68 Å². The molecule has 0 aliphatic carbocycles. The average Bonchev–Trinajstić information content (AvgIpc) is 3.34. The third kappa shape index (κ3) is 3.41. The van der Waals surface area contributed by atoms with Gasteiger partial charge < -0.3 is 9.67 Å². The Morgan fingerprint density at radius 3 is 2.58 bits per heavy atom. The van der Waals surface area contributed by atoms with Gasteiger partial charge in [0.1, 0.15) is 6.33 Å². The van der Waals surface area contributed by atoms with Crippen LogP contribution in [-0.4, -0.2) is 29.7 Å². The molecule has 2 heterocycles. The van der Waals surface area contributed by atoms with Gasteiger partial charge in [0.05, 0.1) is 19.7 Å². The van der Waals surface area contributed by atoms with Crippen LogP contribution < -0.4 is 0 Å². The lowest BCUT2D eigenvalue weighted by Crippen LogP contribution is -2.05. The second-order valence-electron chi connectivity index (χ2n) is 6.12. The molecular formula is C20H19N5O. The number of nitrogens with zero attached hydrogens (tertiary/aromatic N) is 5. The molecule has 4 rings (SSSR count). The number of hydrogen-bond acceptors (Lipinski definition) is 4. The summed E-state index contributed by atoms with van der Waals surface area (Å²) in [6.45, 7) is 1.30. The van der Waals surface area contributed by atoms with E-state index in [0.29, 0.717) is 13.1 Å². The van der Waals surface area contributed by atoms with Crippen LogP contribution in [0.5, 0.6) is 0 Å². The number of aromatic nitrogens is 5. The van der Waals surface area contributed by atoms with Crippen LogP contribution in [0.15, 0.2) is 73.3 Å². The van der Waals surface area contributed by atoms with Crippen LogP contribution in [0.4, 0.5) is 0 Å². The number of rotatable bonds is 6. The first kappa shape index (κ1) is 16.2. The fraction of sp³-hybridized carbons (Fsp3) is 0.150. The van der Waals surface area contributed by atoms with Crippen molar-refractivity contribution in [3.8, 4) is 11.4 Å². The van der Waals surface area contributed by atoms with E-state index in [1.165, 1.54) is 5.56 Å². The maximum atomic E-state index is 9.77. The first-order valence-electron chi connectivity index (χ1n) is 8.45. The van der Waals surface area contributed by atoms with E-state index in [1.54, 1.807) is 12.5 Å². The fourth-order valence-corrected chi connectivity index (χ4v) is 3.01. The topological polar surface area (TPSA) is 68.8 Å². The lowest BCUT2D eigenvalue weighted by Gasteiger charge is -2.12. The van der Waals surface area contributed by atoms with Gasteiger partial charge in [-0.1, -0.05) is 42.5 Å². The van der Waals surface area contributed by atoms with E-state index in [9.17, 15) is 5.11 Å². The lowest BCUT2D eigenvalue weighted by atomic mass is 10.0. The Labute approximate surface area is 151 Å².